The van der Waals surface area contributed by atoms with Gasteiger partial charge in [-0.3, -0.25) is 15.0 Å². The van der Waals surface area contributed by atoms with Crippen molar-refractivity contribution >= 4 is 23.3 Å². The molecule has 3 heterocycles. The van der Waals surface area contributed by atoms with Crippen LogP contribution in [0.5, 0.6) is 0 Å². The third kappa shape index (κ3) is 4.18. The van der Waals surface area contributed by atoms with Gasteiger partial charge >= 0.3 is 6.03 Å². The van der Waals surface area contributed by atoms with Crippen LogP contribution in [0.3, 0.4) is 0 Å². The molecule has 7 heteroatoms. The van der Waals surface area contributed by atoms with E-state index in [1.807, 2.05) is 54.7 Å². The van der Waals surface area contributed by atoms with Crippen LogP contribution in [0.4, 0.5) is 4.79 Å². The number of aromatic nitrogens is 1. The van der Waals surface area contributed by atoms with Crippen LogP contribution >= 0.6 is 11.3 Å². The number of rotatable bonds is 6. The van der Waals surface area contributed by atoms with Crippen LogP contribution in [0.25, 0.3) is 10.6 Å². The lowest BCUT2D eigenvalue weighted by Gasteiger charge is -2.40. The molecule has 1 atom stereocenters. The number of hydrogen-bond acceptors (Lipinski definition) is 5. The van der Waals surface area contributed by atoms with Crippen LogP contribution in [0.1, 0.15) is 23.3 Å². The van der Waals surface area contributed by atoms with Gasteiger partial charge in [0, 0.05) is 29.6 Å². The lowest BCUT2D eigenvalue weighted by Crippen LogP contribution is -2.57. The topological polar surface area (TPSA) is 74.3 Å². The zero-order valence-corrected chi connectivity index (χ0v) is 18.6. The zero-order chi connectivity index (χ0) is 22.0. The number of piperidine rings is 1. The summed E-state index contributed by atoms with van der Waals surface area (Å²) in [5, 5.41) is 6.52. The fourth-order valence-electron chi connectivity index (χ4n) is 4.88. The van der Waals surface area contributed by atoms with Gasteiger partial charge in [0.1, 0.15) is 10.5 Å². The highest BCUT2D eigenvalue weighted by atomic mass is 32.1. The van der Waals surface area contributed by atoms with E-state index in [4.69, 9.17) is 0 Å². The molecule has 6 nitrogen and oxygen atoms in total. The van der Waals surface area contributed by atoms with E-state index in [1.165, 1.54) is 4.88 Å². The van der Waals surface area contributed by atoms with Gasteiger partial charge in [-0.05, 0) is 37.4 Å². The Balaban J connectivity index is 1.25. The fraction of sp³-hybridized carbons (Fsp3) is 0.320. The molecule has 2 aliphatic heterocycles. The first-order valence-corrected chi connectivity index (χ1v) is 11.8. The summed E-state index contributed by atoms with van der Waals surface area (Å²) in [6.07, 6.45) is 4.22. The minimum atomic E-state index is -0.866. The van der Waals surface area contributed by atoms with Crippen molar-refractivity contribution in [3.63, 3.8) is 0 Å². The summed E-state index contributed by atoms with van der Waals surface area (Å²) in [6.45, 7) is 2.65. The highest BCUT2D eigenvalue weighted by molar-refractivity contribution is 7.15. The van der Waals surface area contributed by atoms with Gasteiger partial charge in [0.25, 0.3) is 5.91 Å². The molecule has 2 N–H and O–H groups in total. The highest BCUT2D eigenvalue weighted by Gasteiger charge is 2.52. The predicted octanol–water partition coefficient (Wildman–Crippen LogP) is 3.84. The largest absolute Gasteiger partial charge is 0.323 e. The van der Waals surface area contributed by atoms with Crippen LogP contribution in [-0.4, -0.2) is 40.5 Å². The van der Waals surface area contributed by atoms with Crippen LogP contribution in [0, 0.1) is 5.92 Å². The Hall–Kier alpha value is -3.03. The van der Waals surface area contributed by atoms with E-state index in [0.717, 1.165) is 48.6 Å². The van der Waals surface area contributed by atoms with E-state index in [2.05, 4.69) is 32.7 Å². The molecule has 0 saturated carbocycles. The lowest BCUT2D eigenvalue weighted by molar-refractivity contribution is -0.126. The number of likely N-dealkylation sites (tertiary alicyclic amines) is 1. The second-order valence-electron chi connectivity index (χ2n) is 8.59. The van der Waals surface area contributed by atoms with Gasteiger partial charge in [-0.15, -0.1) is 11.3 Å². The third-order valence-electron chi connectivity index (χ3n) is 6.53. The van der Waals surface area contributed by atoms with Crippen LogP contribution in [0.2, 0.25) is 0 Å². The van der Waals surface area contributed by atoms with Crippen molar-refractivity contribution in [2.24, 2.45) is 5.92 Å². The van der Waals surface area contributed by atoms with Crippen molar-refractivity contribution in [2.75, 3.05) is 13.1 Å². The Labute approximate surface area is 191 Å². The number of carbonyl (C=O) groups excluding carboxylic acids is 2. The predicted molar refractivity (Wildman–Crippen MR) is 125 cm³/mol. The average Bonchev–Trinajstić information content (AvgIpc) is 3.40. The van der Waals surface area contributed by atoms with E-state index in [9.17, 15) is 9.59 Å². The number of thiazole rings is 1. The number of carbonyl (C=O) groups is 2. The number of nitrogens with zero attached hydrogens (tertiary/aromatic N) is 2. The molecular weight excluding hydrogens is 420 g/mol. The van der Waals surface area contributed by atoms with Crippen molar-refractivity contribution in [3.8, 4) is 10.6 Å². The lowest BCUT2D eigenvalue weighted by atomic mass is 9.74. The molecule has 5 rings (SSSR count). The Morgan fingerprint density at radius 1 is 1.00 bits per heavy atom. The molecule has 0 radical (unpaired) electrons. The molecule has 0 bridgehead atoms. The van der Waals surface area contributed by atoms with E-state index >= 15 is 0 Å². The van der Waals surface area contributed by atoms with Gasteiger partial charge in [0.05, 0.1) is 0 Å². The molecule has 164 valence electrons. The Kier molecular flexibility index (Phi) is 5.76. The van der Waals surface area contributed by atoms with E-state index in [0.29, 0.717) is 6.42 Å². The van der Waals surface area contributed by atoms with Crippen LogP contribution in [0.15, 0.2) is 66.9 Å². The number of urea groups is 1. The minimum absolute atomic E-state index is 0.103. The summed E-state index contributed by atoms with van der Waals surface area (Å²) in [6, 6.07) is 19.8. The monoisotopic (exact) mass is 446 g/mol. The average molecular weight is 447 g/mol. The first-order chi connectivity index (χ1) is 15.6. The van der Waals surface area contributed by atoms with Crippen molar-refractivity contribution in [1.29, 1.82) is 0 Å². The van der Waals surface area contributed by atoms with E-state index in [-0.39, 0.29) is 17.9 Å². The molecule has 3 aromatic rings. The highest BCUT2D eigenvalue weighted by Crippen LogP contribution is 2.35. The molecule has 32 heavy (non-hydrogen) atoms. The first-order valence-electron chi connectivity index (χ1n) is 11.0. The smallest absolute Gasteiger partial charge is 0.322 e. The number of amides is 3. The number of imide groups is 1. The summed E-state index contributed by atoms with van der Waals surface area (Å²) in [5.41, 5.74) is 1.34. The molecule has 0 aliphatic carbocycles. The number of benzene rings is 2. The maximum atomic E-state index is 12.9. The second kappa shape index (κ2) is 8.84. The van der Waals surface area contributed by atoms with Crippen molar-refractivity contribution < 1.29 is 9.59 Å². The van der Waals surface area contributed by atoms with Crippen LogP contribution < -0.4 is 10.6 Å². The Bertz CT molecular complexity index is 1090. The van der Waals surface area contributed by atoms with Gasteiger partial charge < -0.3 is 5.32 Å². The fourth-order valence-corrected chi connectivity index (χ4v) is 5.84. The van der Waals surface area contributed by atoms with Crippen molar-refractivity contribution in [2.45, 2.75) is 31.3 Å². The van der Waals surface area contributed by atoms with Gasteiger partial charge in [-0.1, -0.05) is 60.7 Å². The first kappa shape index (κ1) is 20.8. The Morgan fingerprint density at radius 3 is 2.34 bits per heavy atom. The molecule has 3 amide bonds. The molecule has 2 fully saturated rings. The van der Waals surface area contributed by atoms with Crippen molar-refractivity contribution in [1.82, 2.24) is 20.5 Å². The Morgan fingerprint density at radius 2 is 1.69 bits per heavy atom. The summed E-state index contributed by atoms with van der Waals surface area (Å²) in [5.74, 6) is -0.0912. The van der Waals surface area contributed by atoms with Gasteiger partial charge in [0.15, 0.2) is 0 Å². The molecule has 0 spiro atoms. The second-order valence-corrected chi connectivity index (χ2v) is 9.71. The maximum absolute atomic E-state index is 12.9. The van der Waals surface area contributed by atoms with E-state index < -0.39 is 5.54 Å². The van der Waals surface area contributed by atoms with Gasteiger partial charge in [-0.25, -0.2) is 9.78 Å². The SMILES string of the molecule is O=C1NC(=O)C(Cc2ccccc2)(C2CCN(Cc3cnc(-c4ccccc4)s3)CC2)N1. The maximum Gasteiger partial charge on any atom is 0.322 e. The molecular formula is C25H26N4O2S. The molecule has 2 saturated heterocycles. The number of hydrogen-bond donors (Lipinski definition) is 2. The summed E-state index contributed by atoms with van der Waals surface area (Å²) in [4.78, 5) is 33.2. The molecule has 1 aromatic heterocycles. The van der Waals surface area contributed by atoms with E-state index in [1.54, 1.807) is 11.3 Å². The normalized spacial score (nSPS) is 22.0. The summed E-state index contributed by atoms with van der Waals surface area (Å²) in [7, 11) is 0. The quantitative estimate of drug-likeness (QED) is 0.564. The zero-order valence-electron chi connectivity index (χ0n) is 17.8. The molecule has 1 unspecified atom stereocenters. The van der Waals surface area contributed by atoms with Crippen molar-refractivity contribution in [3.05, 3.63) is 77.3 Å². The minimum Gasteiger partial charge on any atom is -0.323 e. The molecule has 2 aromatic carbocycles. The summed E-state index contributed by atoms with van der Waals surface area (Å²) < 4.78 is 0. The van der Waals surface area contributed by atoms with Gasteiger partial charge in [-0.2, -0.15) is 0 Å². The molecule has 2 aliphatic rings. The van der Waals surface area contributed by atoms with Crippen LogP contribution in [-0.2, 0) is 17.8 Å². The third-order valence-corrected chi connectivity index (χ3v) is 7.56. The van der Waals surface area contributed by atoms with Gasteiger partial charge in [0.2, 0.25) is 0 Å². The number of nitrogens with one attached hydrogen (secondary N) is 2. The standard InChI is InChI=1S/C25H26N4O2S/c30-23-25(28-24(31)27-23,15-18-7-3-1-4-8-18)20-11-13-29(14-12-20)17-21-16-26-22(32-21)19-9-5-2-6-10-19/h1-10,16,20H,11-15,17H2,(H2,27,28,30,31). The summed E-state index contributed by atoms with van der Waals surface area (Å²) >= 11 is 1.73.